The molecular formula is C17H27BO2. The lowest BCUT2D eigenvalue weighted by Crippen LogP contribution is -2.41. The molecule has 0 aromatic heterocycles. The standard InChI is InChI=1S/C17H27BO2/c1-12-9-13(15(2,3)4)11-14(10-12)18-19-16(5,6)17(7,8)20-18/h9-11H,1-8H3. The highest BCUT2D eigenvalue weighted by Gasteiger charge is 2.51. The van der Waals surface area contributed by atoms with Crippen LogP contribution in [0.2, 0.25) is 0 Å². The van der Waals surface area contributed by atoms with Gasteiger partial charge in [-0.1, -0.05) is 44.5 Å². The molecule has 2 rings (SSSR count). The van der Waals surface area contributed by atoms with Crippen LogP contribution in [0.25, 0.3) is 0 Å². The Kier molecular flexibility index (Phi) is 3.59. The minimum atomic E-state index is -0.288. The Balaban J connectivity index is 2.38. The van der Waals surface area contributed by atoms with Crippen LogP contribution in [-0.4, -0.2) is 18.3 Å². The molecule has 0 aliphatic carbocycles. The van der Waals surface area contributed by atoms with Crippen LogP contribution in [0.1, 0.15) is 59.6 Å². The fraction of sp³-hybridized carbons (Fsp3) is 0.647. The van der Waals surface area contributed by atoms with Gasteiger partial charge in [0.1, 0.15) is 0 Å². The van der Waals surface area contributed by atoms with Crippen molar-refractivity contribution in [1.29, 1.82) is 0 Å². The van der Waals surface area contributed by atoms with E-state index in [4.69, 9.17) is 9.31 Å². The average molecular weight is 274 g/mol. The molecule has 110 valence electrons. The normalized spacial score (nSPS) is 21.3. The van der Waals surface area contributed by atoms with Gasteiger partial charge in [-0.3, -0.25) is 0 Å². The van der Waals surface area contributed by atoms with Crippen LogP contribution >= 0.6 is 0 Å². The van der Waals surface area contributed by atoms with Crippen molar-refractivity contribution in [1.82, 2.24) is 0 Å². The third-order valence-corrected chi connectivity index (χ3v) is 4.49. The molecular weight excluding hydrogens is 247 g/mol. The summed E-state index contributed by atoms with van der Waals surface area (Å²) in [7, 11) is -0.277. The van der Waals surface area contributed by atoms with Crippen molar-refractivity contribution in [3.8, 4) is 0 Å². The zero-order valence-corrected chi connectivity index (χ0v) is 14.1. The molecule has 0 amide bonds. The van der Waals surface area contributed by atoms with E-state index >= 15 is 0 Å². The molecule has 1 aliphatic heterocycles. The summed E-state index contributed by atoms with van der Waals surface area (Å²) in [6.07, 6.45) is 0. The van der Waals surface area contributed by atoms with Crippen LogP contribution in [0.4, 0.5) is 0 Å². The van der Waals surface area contributed by atoms with Gasteiger partial charge in [0.05, 0.1) is 11.2 Å². The van der Waals surface area contributed by atoms with E-state index in [0.29, 0.717) is 0 Å². The molecule has 20 heavy (non-hydrogen) atoms. The van der Waals surface area contributed by atoms with Crippen LogP contribution in [0.5, 0.6) is 0 Å². The van der Waals surface area contributed by atoms with Gasteiger partial charge >= 0.3 is 7.12 Å². The first-order valence-corrected chi connectivity index (χ1v) is 7.40. The summed E-state index contributed by atoms with van der Waals surface area (Å²) < 4.78 is 12.3. The largest absolute Gasteiger partial charge is 0.494 e. The van der Waals surface area contributed by atoms with Gasteiger partial charge in [0.25, 0.3) is 0 Å². The second-order valence-electron chi connectivity index (χ2n) is 7.97. The predicted octanol–water partition coefficient (Wildman–Crippen LogP) is 3.59. The highest BCUT2D eigenvalue weighted by atomic mass is 16.7. The van der Waals surface area contributed by atoms with Crippen LogP contribution in [0, 0.1) is 6.92 Å². The monoisotopic (exact) mass is 274 g/mol. The molecule has 1 saturated heterocycles. The number of benzene rings is 1. The van der Waals surface area contributed by atoms with Crippen molar-refractivity contribution in [2.45, 2.75) is 72.0 Å². The molecule has 2 nitrogen and oxygen atoms in total. The molecule has 0 saturated carbocycles. The van der Waals surface area contributed by atoms with E-state index in [1.807, 2.05) is 0 Å². The predicted molar refractivity (Wildman–Crippen MR) is 85.6 cm³/mol. The topological polar surface area (TPSA) is 18.5 Å². The van der Waals surface area contributed by atoms with Crippen LogP contribution in [0.15, 0.2) is 18.2 Å². The number of hydrogen-bond acceptors (Lipinski definition) is 2. The first-order valence-electron chi connectivity index (χ1n) is 7.40. The fourth-order valence-electron chi connectivity index (χ4n) is 2.36. The van der Waals surface area contributed by atoms with Crippen molar-refractivity contribution in [3.05, 3.63) is 29.3 Å². The van der Waals surface area contributed by atoms with Crippen LogP contribution in [-0.2, 0) is 14.7 Å². The number of hydrogen-bond donors (Lipinski definition) is 0. The van der Waals surface area contributed by atoms with E-state index in [1.165, 1.54) is 11.1 Å². The van der Waals surface area contributed by atoms with Gasteiger partial charge in [-0.15, -0.1) is 0 Å². The van der Waals surface area contributed by atoms with Gasteiger partial charge in [0, 0.05) is 0 Å². The van der Waals surface area contributed by atoms with E-state index in [1.54, 1.807) is 0 Å². The summed E-state index contributed by atoms with van der Waals surface area (Å²) in [5, 5.41) is 0. The second kappa shape index (κ2) is 4.61. The second-order valence-corrected chi connectivity index (χ2v) is 7.97. The molecule has 3 heteroatoms. The smallest absolute Gasteiger partial charge is 0.399 e. The molecule has 1 heterocycles. The van der Waals surface area contributed by atoms with Gasteiger partial charge in [-0.05, 0) is 51.1 Å². The maximum absolute atomic E-state index is 6.15. The maximum atomic E-state index is 6.15. The first-order chi connectivity index (χ1) is 8.92. The zero-order chi connectivity index (χ0) is 15.3. The van der Waals surface area contributed by atoms with Gasteiger partial charge < -0.3 is 9.31 Å². The van der Waals surface area contributed by atoms with Gasteiger partial charge in [-0.25, -0.2) is 0 Å². The number of rotatable bonds is 1. The third-order valence-electron chi connectivity index (χ3n) is 4.49. The molecule has 0 unspecified atom stereocenters. The highest BCUT2D eigenvalue weighted by molar-refractivity contribution is 6.62. The molecule has 0 spiro atoms. The lowest BCUT2D eigenvalue weighted by molar-refractivity contribution is 0.00578. The minimum Gasteiger partial charge on any atom is -0.399 e. The fourth-order valence-corrected chi connectivity index (χ4v) is 2.36. The summed E-state index contributed by atoms with van der Waals surface area (Å²) >= 11 is 0. The third kappa shape index (κ3) is 2.80. The molecule has 1 aliphatic rings. The average Bonchev–Trinajstić information content (AvgIpc) is 2.46. The van der Waals surface area contributed by atoms with E-state index in [-0.39, 0.29) is 23.7 Å². The first kappa shape index (κ1) is 15.6. The van der Waals surface area contributed by atoms with Crippen molar-refractivity contribution >= 4 is 12.6 Å². The Morgan fingerprint density at radius 2 is 1.40 bits per heavy atom. The maximum Gasteiger partial charge on any atom is 0.494 e. The summed E-state index contributed by atoms with van der Waals surface area (Å²) in [6, 6.07) is 6.63. The Labute approximate surface area is 124 Å². The summed E-state index contributed by atoms with van der Waals surface area (Å²) in [6.45, 7) is 17.2. The summed E-state index contributed by atoms with van der Waals surface area (Å²) in [5.41, 5.74) is 3.25. The SMILES string of the molecule is Cc1cc(B2OC(C)(C)C(C)(C)O2)cc(C(C)(C)C)c1. The van der Waals surface area contributed by atoms with E-state index < -0.39 is 0 Å². The van der Waals surface area contributed by atoms with E-state index in [0.717, 1.165) is 5.46 Å². The lowest BCUT2D eigenvalue weighted by Gasteiger charge is -2.32. The molecule has 0 bridgehead atoms. The quantitative estimate of drug-likeness (QED) is 0.729. The van der Waals surface area contributed by atoms with Crippen molar-refractivity contribution in [2.24, 2.45) is 0 Å². The molecule has 1 fully saturated rings. The van der Waals surface area contributed by atoms with Gasteiger partial charge in [-0.2, -0.15) is 0 Å². The molecule has 0 radical (unpaired) electrons. The molecule has 0 atom stereocenters. The summed E-state index contributed by atoms with van der Waals surface area (Å²) in [5.74, 6) is 0. The Morgan fingerprint density at radius 1 is 0.900 bits per heavy atom. The van der Waals surface area contributed by atoms with E-state index in [9.17, 15) is 0 Å². The minimum absolute atomic E-state index is 0.129. The number of aryl methyl sites for hydroxylation is 1. The Bertz CT molecular complexity index is 496. The molecule has 1 aromatic carbocycles. The van der Waals surface area contributed by atoms with Crippen molar-refractivity contribution in [2.75, 3.05) is 0 Å². The zero-order valence-electron chi connectivity index (χ0n) is 14.1. The van der Waals surface area contributed by atoms with Crippen LogP contribution < -0.4 is 5.46 Å². The Morgan fingerprint density at radius 3 is 1.85 bits per heavy atom. The van der Waals surface area contributed by atoms with Crippen molar-refractivity contribution < 1.29 is 9.31 Å². The van der Waals surface area contributed by atoms with Crippen LogP contribution in [0.3, 0.4) is 0 Å². The Hall–Kier alpha value is -0.795. The van der Waals surface area contributed by atoms with E-state index in [2.05, 4.69) is 73.6 Å². The lowest BCUT2D eigenvalue weighted by atomic mass is 9.74. The summed E-state index contributed by atoms with van der Waals surface area (Å²) in [4.78, 5) is 0. The highest BCUT2D eigenvalue weighted by Crippen LogP contribution is 2.36. The molecule has 1 aromatic rings. The van der Waals surface area contributed by atoms with Gasteiger partial charge in [0.15, 0.2) is 0 Å². The van der Waals surface area contributed by atoms with Gasteiger partial charge in [0.2, 0.25) is 0 Å². The van der Waals surface area contributed by atoms with Crippen molar-refractivity contribution in [3.63, 3.8) is 0 Å². The molecule has 0 N–H and O–H groups in total.